The van der Waals surface area contributed by atoms with Crippen LogP contribution in [0, 0.1) is 23.5 Å². The van der Waals surface area contributed by atoms with Crippen molar-refractivity contribution in [3.05, 3.63) is 71.3 Å². The third kappa shape index (κ3) is 4.55. The first-order chi connectivity index (χ1) is 13.3. The van der Waals surface area contributed by atoms with Gasteiger partial charge in [0, 0.05) is 31.1 Å². The zero-order valence-electron chi connectivity index (χ0n) is 16.0. The quantitative estimate of drug-likeness (QED) is 0.854. The molecule has 0 unspecified atom stereocenters. The Labute approximate surface area is 163 Å². The molecular weight excluding hydrogens is 362 g/mol. The fourth-order valence-electron chi connectivity index (χ4n) is 3.49. The maximum absolute atomic E-state index is 13.3. The zero-order valence-corrected chi connectivity index (χ0v) is 16.0. The molecule has 1 N–H and O–H groups in total. The van der Waals surface area contributed by atoms with E-state index in [1.165, 1.54) is 36.4 Å². The summed E-state index contributed by atoms with van der Waals surface area (Å²) in [6.45, 7) is 5.19. The number of halogens is 2. The fraction of sp³-hybridized carbons (Fsp3) is 0.364. The van der Waals surface area contributed by atoms with E-state index in [0.29, 0.717) is 24.6 Å². The summed E-state index contributed by atoms with van der Waals surface area (Å²) >= 11 is 0. The first-order valence-corrected chi connectivity index (χ1v) is 9.43. The lowest BCUT2D eigenvalue weighted by Gasteiger charge is -2.18. The molecule has 6 heteroatoms. The van der Waals surface area contributed by atoms with Crippen molar-refractivity contribution < 1.29 is 18.4 Å². The van der Waals surface area contributed by atoms with Crippen LogP contribution in [0.5, 0.6) is 0 Å². The summed E-state index contributed by atoms with van der Waals surface area (Å²) in [4.78, 5) is 27.2. The molecule has 0 saturated carbocycles. The molecule has 2 amide bonds. The molecule has 4 nitrogen and oxygen atoms in total. The predicted octanol–water partition coefficient (Wildman–Crippen LogP) is 3.59. The largest absolute Gasteiger partial charge is 0.356 e. The second-order valence-corrected chi connectivity index (χ2v) is 7.62. The molecule has 0 aliphatic carbocycles. The Balaban J connectivity index is 1.83. The SMILES string of the molecule is CC(C)CNC(=O)[C@@H]1CN(C(=O)c2ccc(F)cc2)C[C@@H]1c1ccc(F)cc1. The number of hydrogen-bond donors (Lipinski definition) is 1. The molecule has 3 rings (SSSR count). The molecule has 1 heterocycles. The maximum Gasteiger partial charge on any atom is 0.253 e. The van der Waals surface area contributed by atoms with Gasteiger partial charge in [-0.3, -0.25) is 9.59 Å². The van der Waals surface area contributed by atoms with Crippen molar-refractivity contribution in [1.29, 1.82) is 0 Å². The average molecular weight is 386 g/mol. The van der Waals surface area contributed by atoms with Crippen LogP contribution in [0.4, 0.5) is 8.78 Å². The van der Waals surface area contributed by atoms with Crippen molar-refractivity contribution in [3.63, 3.8) is 0 Å². The van der Waals surface area contributed by atoms with E-state index in [1.807, 2.05) is 13.8 Å². The van der Waals surface area contributed by atoms with E-state index in [4.69, 9.17) is 0 Å². The third-order valence-corrected chi connectivity index (χ3v) is 5.02. The van der Waals surface area contributed by atoms with E-state index >= 15 is 0 Å². The summed E-state index contributed by atoms with van der Waals surface area (Å²) in [6, 6.07) is 11.4. The van der Waals surface area contributed by atoms with E-state index in [1.54, 1.807) is 17.0 Å². The third-order valence-electron chi connectivity index (χ3n) is 5.02. The Bertz CT molecular complexity index is 835. The lowest BCUT2D eigenvalue weighted by molar-refractivity contribution is -0.125. The van der Waals surface area contributed by atoms with Crippen LogP contribution in [0.2, 0.25) is 0 Å². The van der Waals surface area contributed by atoms with E-state index in [-0.39, 0.29) is 30.1 Å². The van der Waals surface area contributed by atoms with E-state index in [9.17, 15) is 18.4 Å². The van der Waals surface area contributed by atoms with Crippen LogP contribution in [0.3, 0.4) is 0 Å². The molecule has 2 aromatic rings. The van der Waals surface area contributed by atoms with Crippen LogP contribution in [-0.2, 0) is 4.79 Å². The number of likely N-dealkylation sites (tertiary alicyclic amines) is 1. The molecule has 1 fully saturated rings. The molecule has 148 valence electrons. The van der Waals surface area contributed by atoms with Gasteiger partial charge >= 0.3 is 0 Å². The minimum absolute atomic E-state index is 0.113. The average Bonchev–Trinajstić information content (AvgIpc) is 3.12. The van der Waals surface area contributed by atoms with Crippen LogP contribution in [0.25, 0.3) is 0 Å². The van der Waals surface area contributed by atoms with Crippen molar-refractivity contribution >= 4 is 11.8 Å². The van der Waals surface area contributed by atoms with Crippen LogP contribution in [-0.4, -0.2) is 36.3 Å². The minimum atomic E-state index is -0.423. The number of carbonyl (C=O) groups excluding carboxylic acids is 2. The van der Waals surface area contributed by atoms with E-state index in [0.717, 1.165) is 5.56 Å². The molecule has 2 atom stereocenters. The van der Waals surface area contributed by atoms with Gasteiger partial charge in [0.2, 0.25) is 5.91 Å². The Morgan fingerprint density at radius 2 is 1.57 bits per heavy atom. The number of hydrogen-bond acceptors (Lipinski definition) is 2. The molecule has 1 aliphatic heterocycles. The van der Waals surface area contributed by atoms with Crippen LogP contribution >= 0.6 is 0 Å². The second kappa shape index (κ2) is 8.50. The highest BCUT2D eigenvalue weighted by molar-refractivity contribution is 5.95. The summed E-state index contributed by atoms with van der Waals surface area (Å²) in [5.41, 5.74) is 1.20. The monoisotopic (exact) mass is 386 g/mol. The Morgan fingerprint density at radius 1 is 1.00 bits per heavy atom. The van der Waals surface area contributed by atoms with Gasteiger partial charge in [0.1, 0.15) is 11.6 Å². The van der Waals surface area contributed by atoms with Crippen LogP contribution in [0.15, 0.2) is 48.5 Å². The summed E-state index contributed by atoms with van der Waals surface area (Å²) < 4.78 is 26.5. The molecule has 0 aromatic heterocycles. The van der Waals surface area contributed by atoms with Gasteiger partial charge < -0.3 is 10.2 Å². The number of nitrogens with one attached hydrogen (secondary N) is 1. The summed E-state index contributed by atoms with van der Waals surface area (Å²) in [6.07, 6.45) is 0. The molecule has 0 bridgehead atoms. The van der Waals surface area contributed by atoms with Crippen molar-refractivity contribution in [1.82, 2.24) is 10.2 Å². The first kappa shape index (κ1) is 20.0. The van der Waals surface area contributed by atoms with Crippen molar-refractivity contribution in [3.8, 4) is 0 Å². The normalized spacial score (nSPS) is 19.1. The van der Waals surface area contributed by atoms with Gasteiger partial charge in [-0.05, 0) is 47.9 Å². The molecule has 0 spiro atoms. The van der Waals surface area contributed by atoms with Gasteiger partial charge in [0.25, 0.3) is 5.91 Å². The van der Waals surface area contributed by atoms with E-state index < -0.39 is 11.7 Å². The highest BCUT2D eigenvalue weighted by atomic mass is 19.1. The highest BCUT2D eigenvalue weighted by Crippen LogP contribution is 2.34. The fourth-order valence-corrected chi connectivity index (χ4v) is 3.49. The number of benzene rings is 2. The van der Waals surface area contributed by atoms with Gasteiger partial charge in [0.05, 0.1) is 5.92 Å². The topological polar surface area (TPSA) is 49.4 Å². The smallest absolute Gasteiger partial charge is 0.253 e. The maximum atomic E-state index is 13.3. The van der Waals surface area contributed by atoms with Crippen molar-refractivity contribution in [2.24, 2.45) is 11.8 Å². The van der Waals surface area contributed by atoms with Crippen molar-refractivity contribution in [2.75, 3.05) is 19.6 Å². The van der Waals surface area contributed by atoms with Crippen LogP contribution < -0.4 is 5.32 Å². The molecule has 1 saturated heterocycles. The summed E-state index contributed by atoms with van der Waals surface area (Å²) in [7, 11) is 0. The lowest BCUT2D eigenvalue weighted by atomic mass is 9.88. The second-order valence-electron chi connectivity index (χ2n) is 7.62. The van der Waals surface area contributed by atoms with Gasteiger partial charge in [-0.2, -0.15) is 0 Å². The van der Waals surface area contributed by atoms with Crippen molar-refractivity contribution in [2.45, 2.75) is 19.8 Å². The highest BCUT2D eigenvalue weighted by Gasteiger charge is 2.40. The number of nitrogens with zero attached hydrogens (tertiary/aromatic N) is 1. The zero-order chi connectivity index (χ0) is 20.3. The summed E-state index contributed by atoms with van der Waals surface area (Å²) in [5, 5.41) is 2.94. The minimum Gasteiger partial charge on any atom is -0.356 e. The molecular formula is C22H24F2N2O2. The Hall–Kier alpha value is -2.76. The molecule has 1 aliphatic rings. The van der Waals surface area contributed by atoms with Crippen LogP contribution in [0.1, 0.15) is 35.7 Å². The van der Waals surface area contributed by atoms with Gasteiger partial charge in [-0.15, -0.1) is 0 Å². The number of carbonyl (C=O) groups is 2. The van der Waals surface area contributed by atoms with Gasteiger partial charge in [-0.25, -0.2) is 8.78 Å². The predicted molar refractivity (Wildman–Crippen MR) is 103 cm³/mol. The first-order valence-electron chi connectivity index (χ1n) is 9.43. The lowest BCUT2D eigenvalue weighted by Crippen LogP contribution is -2.37. The molecule has 28 heavy (non-hydrogen) atoms. The van der Waals surface area contributed by atoms with E-state index in [2.05, 4.69) is 5.32 Å². The van der Waals surface area contributed by atoms with Gasteiger partial charge in [-0.1, -0.05) is 26.0 Å². The standard InChI is InChI=1S/C22H24F2N2O2/c1-14(2)11-25-21(27)20-13-26(22(28)16-5-9-18(24)10-6-16)12-19(20)15-3-7-17(23)8-4-15/h3-10,14,19-20H,11-13H2,1-2H3,(H,25,27)/t19-,20-/m1/s1. The van der Waals surface area contributed by atoms with Gasteiger partial charge in [0.15, 0.2) is 0 Å². The Kier molecular flexibility index (Phi) is 6.07. The molecule has 0 radical (unpaired) electrons. The summed E-state index contributed by atoms with van der Waals surface area (Å²) in [5.74, 6) is -1.45. The Morgan fingerprint density at radius 3 is 2.14 bits per heavy atom. The number of amides is 2. The molecule has 2 aromatic carbocycles. The number of rotatable bonds is 5.